The molecule has 0 unspecified atom stereocenters. The van der Waals surface area contributed by atoms with Gasteiger partial charge in [-0.1, -0.05) is 175 Å². The molecule has 4 heteroatoms. The summed E-state index contributed by atoms with van der Waals surface area (Å²) in [6.45, 7) is 26.2. The van der Waals surface area contributed by atoms with Gasteiger partial charge in [0.2, 0.25) is 0 Å². The lowest BCUT2D eigenvalue weighted by molar-refractivity contribution is 0.466. The fourth-order valence-electron chi connectivity index (χ4n) is 8.12. The van der Waals surface area contributed by atoms with Crippen molar-refractivity contribution in [2.24, 2.45) is 0 Å². The Morgan fingerprint density at radius 3 is 1.88 bits per heavy atom. The molecule has 0 fully saturated rings. The lowest BCUT2D eigenvalue weighted by atomic mass is 9.83. The highest BCUT2D eigenvalue weighted by molar-refractivity contribution is 5.98. The SMILES string of the molecule is [2H]c1nc(-c2cc(-c3cccc4c3nc(-c3cc(C([2H])(C)C)cc(C([2H])(C)C)c3O)n4-c3ccc(C(C)(C)C)cc3-c3ccc(C(C)(C)C)cc3)cc(C(C)(C)C)c2)c([2H])c(-c2c([2H])c([2H])c([2H])c([2H])c2[2H])c1[2H]. The minimum atomic E-state index is -1.26. The van der Waals surface area contributed by atoms with Gasteiger partial charge in [0, 0.05) is 25.6 Å². The van der Waals surface area contributed by atoms with Gasteiger partial charge < -0.3 is 5.11 Å². The molecule has 2 heterocycles. The van der Waals surface area contributed by atoms with Gasteiger partial charge in [0.1, 0.15) is 11.6 Å². The Balaban J connectivity index is 1.50. The molecule has 0 aliphatic carbocycles. The molecule has 0 radical (unpaired) electrons. The highest BCUT2D eigenvalue weighted by Crippen LogP contribution is 2.45. The van der Waals surface area contributed by atoms with Crippen molar-refractivity contribution in [3.8, 4) is 67.5 Å². The number of imidazole rings is 1. The molecule has 0 bridgehead atoms. The third kappa shape index (κ3) is 8.68. The van der Waals surface area contributed by atoms with Crippen LogP contribution in [-0.2, 0) is 16.2 Å². The molecule has 8 rings (SSSR count). The summed E-state index contributed by atoms with van der Waals surface area (Å²) in [6.07, 6.45) is -0.527. The van der Waals surface area contributed by atoms with Crippen LogP contribution in [-0.4, -0.2) is 19.6 Å². The Bertz CT molecular complexity index is 3530. The van der Waals surface area contributed by atoms with Crippen LogP contribution in [0.25, 0.3) is 72.7 Å². The van der Waals surface area contributed by atoms with Gasteiger partial charge in [-0.05, 0) is 127 Å². The van der Waals surface area contributed by atoms with E-state index >= 15 is 0 Å². The van der Waals surface area contributed by atoms with Gasteiger partial charge in [-0.15, -0.1) is 0 Å². The average Bonchev–Trinajstić information content (AvgIpc) is 3.70. The van der Waals surface area contributed by atoms with Crippen molar-refractivity contribution >= 4 is 11.0 Å². The highest BCUT2D eigenvalue weighted by atomic mass is 16.3. The van der Waals surface area contributed by atoms with Crippen LogP contribution in [0.15, 0.2) is 139 Å². The van der Waals surface area contributed by atoms with Crippen molar-refractivity contribution in [2.75, 3.05) is 0 Å². The highest BCUT2D eigenvalue weighted by Gasteiger charge is 2.27. The van der Waals surface area contributed by atoms with Gasteiger partial charge in [-0.25, -0.2) is 4.98 Å². The summed E-state index contributed by atoms with van der Waals surface area (Å²) < 4.78 is 90.3. The van der Waals surface area contributed by atoms with Gasteiger partial charge in [-0.3, -0.25) is 9.55 Å². The summed E-state index contributed by atoms with van der Waals surface area (Å²) in [4.78, 5) is 9.99. The van der Waals surface area contributed by atoms with E-state index in [0.717, 1.165) is 27.9 Å². The lowest BCUT2D eigenvalue weighted by Crippen LogP contribution is -2.12. The monoisotopic (exact) mass is 854 g/mol. The topological polar surface area (TPSA) is 50.9 Å². The van der Waals surface area contributed by atoms with Gasteiger partial charge >= 0.3 is 0 Å². The second-order valence-electron chi connectivity index (χ2n) is 20.4. The van der Waals surface area contributed by atoms with Crippen molar-refractivity contribution in [3.05, 3.63) is 167 Å². The van der Waals surface area contributed by atoms with E-state index in [0.29, 0.717) is 50.2 Å². The lowest BCUT2D eigenvalue weighted by Gasteiger charge is -2.24. The van der Waals surface area contributed by atoms with Crippen molar-refractivity contribution in [1.82, 2.24) is 14.5 Å². The molecule has 0 aliphatic rings. The number of benzene rings is 6. The zero-order chi connectivity index (χ0) is 54.7. The zero-order valence-electron chi connectivity index (χ0n) is 49.4. The number of aromatic hydroxyl groups is 1. The number of rotatable bonds is 8. The van der Waals surface area contributed by atoms with Crippen LogP contribution in [0.3, 0.4) is 0 Å². The molecule has 0 saturated carbocycles. The Morgan fingerprint density at radius 2 is 1.23 bits per heavy atom. The smallest absolute Gasteiger partial charge is 0.149 e. The number of hydrogen-bond donors (Lipinski definition) is 1. The first-order valence-corrected chi connectivity index (χ1v) is 22.0. The fraction of sp³-hybridized carbons (Fsp3) is 0.300. The molecule has 4 nitrogen and oxygen atoms in total. The van der Waals surface area contributed by atoms with Gasteiger partial charge in [0.05, 0.1) is 38.9 Å². The second-order valence-corrected chi connectivity index (χ2v) is 20.4. The van der Waals surface area contributed by atoms with Crippen LogP contribution in [0, 0.1) is 0 Å². The predicted molar refractivity (Wildman–Crippen MR) is 272 cm³/mol. The Labute approximate surface area is 396 Å². The number of pyridine rings is 1. The maximum atomic E-state index is 12.5. The zero-order valence-corrected chi connectivity index (χ0v) is 39.4. The number of para-hydroxylation sites is 1. The van der Waals surface area contributed by atoms with Crippen LogP contribution in [0.5, 0.6) is 5.75 Å². The van der Waals surface area contributed by atoms with Crippen molar-refractivity contribution in [3.63, 3.8) is 0 Å². The van der Waals surface area contributed by atoms with Crippen LogP contribution in [0.4, 0.5) is 0 Å². The molecule has 0 atom stereocenters. The van der Waals surface area contributed by atoms with E-state index < -0.39 is 59.6 Å². The summed E-state index contributed by atoms with van der Waals surface area (Å²) in [5.41, 5.74) is 8.64. The fourth-order valence-corrected chi connectivity index (χ4v) is 8.12. The average molecular weight is 854 g/mol. The van der Waals surface area contributed by atoms with E-state index in [9.17, 15) is 9.22 Å². The molecule has 0 saturated heterocycles. The van der Waals surface area contributed by atoms with E-state index in [1.807, 2.05) is 57.2 Å². The Morgan fingerprint density at radius 1 is 0.578 bits per heavy atom. The van der Waals surface area contributed by atoms with Gasteiger partial charge in [0.15, 0.2) is 0 Å². The molecule has 8 aromatic rings. The number of phenolic OH excluding ortho intramolecular Hbond substituents is 1. The normalized spacial score (nSPS) is 15.0. The summed E-state index contributed by atoms with van der Waals surface area (Å²) >= 11 is 0. The number of fused-ring (bicyclic) bond motifs is 1. The number of aromatic nitrogens is 3. The summed E-state index contributed by atoms with van der Waals surface area (Å²) in [5.74, 6) is -2.12. The molecule has 2 aromatic heterocycles. The maximum absolute atomic E-state index is 12.5. The molecule has 64 heavy (non-hydrogen) atoms. The third-order valence-corrected chi connectivity index (χ3v) is 12.0. The van der Waals surface area contributed by atoms with Gasteiger partial charge in [0.25, 0.3) is 0 Å². The van der Waals surface area contributed by atoms with E-state index in [2.05, 4.69) is 93.6 Å². The van der Waals surface area contributed by atoms with Crippen molar-refractivity contribution < 1.29 is 18.8 Å². The summed E-state index contributed by atoms with van der Waals surface area (Å²) in [7, 11) is 0. The van der Waals surface area contributed by atoms with Crippen LogP contribution >= 0.6 is 0 Å². The molecular formula is C60H65N3O. The maximum Gasteiger partial charge on any atom is 0.149 e. The van der Waals surface area contributed by atoms with Gasteiger partial charge in [-0.2, -0.15) is 0 Å². The van der Waals surface area contributed by atoms with E-state index in [1.54, 1.807) is 39.8 Å². The first-order valence-electron chi connectivity index (χ1n) is 27.0. The molecule has 6 aromatic carbocycles. The molecule has 0 aliphatic heterocycles. The molecular weight excluding hydrogens is 779 g/mol. The predicted octanol–water partition coefficient (Wildman–Crippen LogP) is 16.6. The Hall–Kier alpha value is -6.26. The van der Waals surface area contributed by atoms with E-state index in [1.165, 1.54) is 5.56 Å². The number of phenols is 1. The Kier molecular flexibility index (Phi) is 8.68. The molecule has 326 valence electrons. The molecule has 0 spiro atoms. The molecule has 1 N–H and O–H groups in total. The number of nitrogens with zero attached hydrogens (tertiary/aromatic N) is 3. The summed E-state index contributed by atoms with van der Waals surface area (Å²) in [5, 5.41) is 12.5. The van der Waals surface area contributed by atoms with Crippen LogP contribution in [0.2, 0.25) is 0 Å². The van der Waals surface area contributed by atoms with E-state index in [4.69, 9.17) is 14.6 Å². The quantitative estimate of drug-likeness (QED) is 0.166. The number of hydrogen-bond acceptors (Lipinski definition) is 3. The second kappa shape index (κ2) is 16.7. The largest absolute Gasteiger partial charge is 0.507 e. The first-order chi connectivity index (χ1) is 34.1. The van der Waals surface area contributed by atoms with Crippen molar-refractivity contribution in [2.45, 2.75) is 118 Å². The molecule has 0 amide bonds. The van der Waals surface area contributed by atoms with Crippen LogP contribution < -0.4 is 0 Å². The first kappa shape index (κ1) is 33.3. The third-order valence-electron chi connectivity index (χ3n) is 12.0. The van der Waals surface area contributed by atoms with E-state index in [-0.39, 0.29) is 39.4 Å². The van der Waals surface area contributed by atoms with Crippen LogP contribution in [0.1, 0.15) is 143 Å². The minimum absolute atomic E-state index is 0.00935. The van der Waals surface area contributed by atoms with Crippen molar-refractivity contribution in [1.29, 1.82) is 0 Å². The minimum Gasteiger partial charge on any atom is -0.507 e. The summed E-state index contributed by atoms with van der Waals surface area (Å²) in [6, 6.07) is 26.3. The standard InChI is InChI=1S/C60H65N3O/c1-37(2)42-33-49(38(3)4)56(64)51(34-42)57-62-55-48(43-30-44(32-47(31-43)60(11,12)13)52-35-41(28-29-61-52)39-18-15-14-16-19-39)20-17-21-54(55)63(57)53-27-26-46(59(8,9)10)36-50(53)40-22-24-45(25-23-40)58(5,6)7/h14-38,64H,1-13H3/i14D,15D,16D,18D,19D,28D,29D,35D,37D,38D.